The van der Waals surface area contributed by atoms with Crippen LogP contribution in [-0.4, -0.2) is 68.5 Å². The number of nitriles is 1. The fourth-order valence-electron chi connectivity index (χ4n) is 5.23. The SMILES string of the molecule is CCOC(=O)C(COC(=O)Cc1ccc(NC(=O)c2ccccc2-c2ccc(C#N)cc2)c(C(=O)N(C)C)c1)(C(=O)OCC)c1ccccc1. The maximum Gasteiger partial charge on any atom is 0.331 e. The lowest BCUT2D eigenvalue weighted by Gasteiger charge is -2.29. The van der Waals surface area contributed by atoms with Crippen molar-refractivity contribution >= 4 is 35.4 Å². The fourth-order valence-corrected chi connectivity index (χ4v) is 5.23. The molecule has 11 nitrogen and oxygen atoms in total. The van der Waals surface area contributed by atoms with Crippen LogP contribution in [0, 0.1) is 11.3 Å². The minimum atomic E-state index is -2.06. The Bertz CT molecular complexity index is 1900. The molecular formula is C39H37N3O8. The Morgan fingerprint density at radius 1 is 0.760 bits per heavy atom. The van der Waals surface area contributed by atoms with E-state index >= 15 is 0 Å². The Balaban J connectivity index is 1.60. The van der Waals surface area contributed by atoms with Gasteiger partial charge < -0.3 is 24.4 Å². The monoisotopic (exact) mass is 675 g/mol. The van der Waals surface area contributed by atoms with Crippen molar-refractivity contribution in [3.05, 3.63) is 125 Å². The first-order valence-electron chi connectivity index (χ1n) is 15.9. The van der Waals surface area contributed by atoms with Crippen molar-refractivity contribution in [3.8, 4) is 17.2 Å². The van der Waals surface area contributed by atoms with Crippen LogP contribution in [0.3, 0.4) is 0 Å². The van der Waals surface area contributed by atoms with E-state index < -0.39 is 41.7 Å². The normalized spacial score (nSPS) is 10.7. The zero-order chi connectivity index (χ0) is 36.3. The molecule has 0 bridgehead atoms. The van der Waals surface area contributed by atoms with E-state index in [1.165, 1.54) is 17.0 Å². The van der Waals surface area contributed by atoms with Gasteiger partial charge in [-0.15, -0.1) is 0 Å². The zero-order valence-electron chi connectivity index (χ0n) is 28.2. The molecule has 0 spiro atoms. The van der Waals surface area contributed by atoms with Crippen LogP contribution >= 0.6 is 0 Å². The Hall–Kier alpha value is -6.28. The number of ether oxygens (including phenoxy) is 3. The summed E-state index contributed by atoms with van der Waals surface area (Å²) in [6.07, 6.45) is -0.319. The van der Waals surface area contributed by atoms with Gasteiger partial charge in [0.1, 0.15) is 6.61 Å². The second-order valence-electron chi connectivity index (χ2n) is 11.3. The van der Waals surface area contributed by atoms with Gasteiger partial charge in [-0.2, -0.15) is 5.26 Å². The van der Waals surface area contributed by atoms with Crippen molar-refractivity contribution in [2.75, 3.05) is 39.2 Å². The van der Waals surface area contributed by atoms with Gasteiger partial charge in [-0.3, -0.25) is 24.0 Å². The lowest BCUT2D eigenvalue weighted by atomic mass is 9.81. The standard InChI is InChI=1S/C39H37N3O8/c1-5-48-37(46)39(38(47)49-6-2,29-12-8-7-9-13-29)25-50-34(43)23-27-18-21-33(32(22-27)36(45)42(3)4)41-35(44)31-15-11-10-14-30(31)28-19-16-26(24-40)17-20-28/h7-22H,5-6,23,25H2,1-4H3,(H,41,44). The van der Waals surface area contributed by atoms with E-state index in [0.29, 0.717) is 22.3 Å². The highest BCUT2D eigenvalue weighted by Crippen LogP contribution is 2.30. The molecule has 0 aliphatic carbocycles. The van der Waals surface area contributed by atoms with Crippen molar-refractivity contribution in [1.29, 1.82) is 5.26 Å². The van der Waals surface area contributed by atoms with Gasteiger partial charge in [-0.05, 0) is 66.4 Å². The molecule has 0 unspecified atom stereocenters. The first kappa shape index (κ1) is 36.6. The van der Waals surface area contributed by atoms with Crippen LogP contribution in [0.5, 0.6) is 0 Å². The van der Waals surface area contributed by atoms with Crippen molar-refractivity contribution in [1.82, 2.24) is 4.90 Å². The molecule has 0 aromatic heterocycles. The molecule has 0 aliphatic rings. The molecule has 256 valence electrons. The molecule has 0 aliphatic heterocycles. The zero-order valence-corrected chi connectivity index (χ0v) is 28.2. The summed E-state index contributed by atoms with van der Waals surface area (Å²) in [5.41, 5.74) is 1.10. The molecular weight excluding hydrogens is 638 g/mol. The number of nitrogens with zero attached hydrogens (tertiary/aromatic N) is 2. The maximum atomic E-state index is 13.6. The van der Waals surface area contributed by atoms with Crippen LogP contribution in [0.4, 0.5) is 5.69 Å². The lowest BCUT2D eigenvalue weighted by Crippen LogP contribution is -2.50. The van der Waals surface area contributed by atoms with Gasteiger partial charge in [-0.25, -0.2) is 0 Å². The highest BCUT2D eigenvalue weighted by Gasteiger charge is 2.52. The molecule has 1 N–H and O–H groups in total. The third-order valence-electron chi connectivity index (χ3n) is 7.78. The number of carbonyl (C=O) groups is 5. The van der Waals surface area contributed by atoms with Crippen molar-refractivity contribution in [2.45, 2.75) is 25.7 Å². The van der Waals surface area contributed by atoms with Crippen LogP contribution in [0.2, 0.25) is 0 Å². The van der Waals surface area contributed by atoms with Crippen LogP contribution in [0.1, 0.15) is 51.3 Å². The number of carbonyl (C=O) groups excluding carboxylic acids is 5. The fraction of sp³-hybridized carbons (Fsp3) is 0.231. The van der Waals surface area contributed by atoms with Gasteiger partial charge in [0.05, 0.1) is 42.5 Å². The number of benzene rings is 4. The molecule has 0 saturated heterocycles. The summed E-state index contributed by atoms with van der Waals surface area (Å²) in [4.78, 5) is 68.0. The van der Waals surface area contributed by atoms with E-state index in [-0.39, 0.29) is 36.4 Å². The third-order valence-corrected chi connectivity index (χ3v) is 7.78. The van der Waals surface area contributed by atoms with Crippen LogP contribution in [0.25, 0.3) is 11.1 Å². The predicted molar refractivity (Wildman–Crippen MR) is 185 cm³/mol. The van der Waals surface area contributed by atoms with Crippen LogP contribution < -0.4 is 5.32 Å². The Morgan fingerprint density at radius 3 is 1.98 bits per heavy atom. The molecule has 4 aromatic rings. The first-order chi connectivity index (χ1) is 24.0. The molecule has 50 heavy (non-hydrogen) atoms. The topological polar surface area (TPSA) is 152 Å². The molecule has 0 saturated carbocycles. The second-order valence-corrected chi connectivity index (χ2v) is 11.3. The van der Waals surface area contributed by atoms with Gasteiger partial charge in [0.25, 0.3) is 11.8 Å². The minimum Gasteiger partial charge on any atom is -0.465 e. The van der Waals surface area contributed by atoms with E-state index in [9.17, 15) is 24.0 Å². The quantitative estimate of drug-likeness (QED) is 0.113. The van der Waals surface area contributed by atoms with E-state index in [2.05, 4.69) is 11.4 Å². The number of hydrogen-bond acceptors (Lipinski definition) is 9. The van der Waals surface area contributed by atoms with Gasteiger partial charge in [0, 0.05) is 19.7 Å². The van der Waals surface area contributed by atoms with Gasteiger partial charge in [0.2, 0.25) is 5.41 Å². The number of amides is 2. The second kappa shape index (κ2) is 16.7. The number of nitrogens with one attached hydrogen (secondary N) is 1. The number of rotatable bonds is 13. The highest BCUT2D eigenvalue weighted by molar-refractivity contribution is 6.12. The molecule has 4 rings (SSSR count). The summed E-state index contributed by atoms with van der Waals surface area (Å²) in [5, 5.41) is 12.0. The number of esters is 3. The van der Waals surface area contributed by atoms with E-state index in [1.54, 1.807) is 113 Å². The Morgan fingerprint density at radius 2 is 1.38 bits per heavy atom. The predicted octanol–water partition coefficient (Wildman–Crippen LogP) is 5.33. The van der Waals surface area contributed by atoms with Crippen LogP contribution in [0.15, 0.2) is 97.1 Å². The largest absolute Gasteiger partial charge is 0.465 e. The number of hydrogen-bond donors (Lipinski definition) is 1. The Kier molecular flexibility index (Phi) is 12.2. The molecule has 2 amide bonds. The van der Waals surface area contributed by atoms with Gasteiger partial charge in [0.15, 0.2) is 0 Å². The molecule has 0 radical (unpaired) electrons. The van der Waals surface area contributed by atoms with Gasteiger partial charge in [-0.1, -0.05) is 66.7 Å². The lowest BCUT2D eigenvalue weighted by molar-refractivity contribution is -0.170. The summed E-state index contributed by atoms with van der Waals surface area (Å²) in [6.45, 7) is 2.47. The van der Waals surface area contributed by atoms with Gasteiger partial charge >= 0.3 is 17.9 Å². The van der Waals surface area contributed by atoms with E-state index in [0.717, 1.165) is 5.56 Å². The van der Waals surface area contributed by atoms with Crippen molar-refractivity contribution < 1.29 is 38.2 Å². The smallest absolute Gasteiger partial charge is 0.331 e. The highest BCUT2D eigenvalue weighted by atomic mass is 16.6. The first-order valence-corrected chi connectivity index (χ1v) is 15.9. The molecule has 0 fully saturated rings. The molecule has 0 atom stereocenters. The molecule has 0 heterocycles. The van der Waals surface area contributed by atoms with Crippen LogP contribution in [-0.2, 0) is 40.4 Å². The summed E-state index contributed by atoms with van der Waals surface area (Å²) in [6, 6.07) is 28.5. The maximum absolute atomic E-state index is 13.6. The summed E-state index contributed by atoms with van der Waals surface area (Å²) in [7, 11) is 3.12. The third kappa shape index (κ3) is 8.22. The summed E-state index contributed by atoms with van der Waals surface area (Å²) >= 11 is 0. The average Bonchev–Trinajstić information content (AvgIpc) is 3.13. The summed E-state index contributed by atoms with van der Waals surface area (Å²) < 4.78 is 16.0. The summed E-state index contributed by atoms with van der Waals surface area (Å²) in [5.74, 6) is -3.52. The minimum absolute atomic E-state index is 0.0205. The van der Waals surface area contributed by atoms with E-state index in [4.69, 9.17) is 19.5 Å². The Labute approximate surface area is 290 Å². The molecule has 4 aromatic carbocycles. The van der Waals surface area contributed by atoms with Crippen molar-refractivity contribution in [2.24, 2.45) is 0 Å². The van der Waals surface area contributed by atoms with E-state index in [1.807, 2.05) is 0 Å². The average molecular weight is 676 g/mol. The number of anilines is 1. The molecule has 11 heteroatoms. The van der Waals surface area contributed by atoms with Crippen molar-refractivity contribution in [3.63, 3.8) is 0 Å².